The number of nitrogens with one attached hydrogen (secondary N) is 1. The molecule has 1 aromatic carbocycles. The molecule has 1 N–H and O–H groups in total. The fourth-order valence-corrected chi connectivity index (χ4v) is 1.61. The van der Waals surface area contributed by atoms with Crippen LogP contribution in [0.2, 0.25) is 0 Å². The van der Waals surface area contributed by atoms with Gasteiger partial charge >= 0.3 is 5.97 Å². The molecule has 16 heavy (non-hydrogen) atoms. The van der Waals surface area contributed by atoms with Gasteiger partial charge in [-0.2, -0.15) is 0 Å². The van der Waals surface area contributed by atoms with Gasteiger partial charge in [0.1, 0.15) is 6.61 Å². The standard InChI is InChI=1S/C11H13NO4/c1-14-9-6-7(11(13)15-2)5-8-10(9)16-4-3-12-8/h5-6,12H,3-4H2,1-2H3. The lowest BCUT2D eigenvalue weighted by Gasteiger charge is -2.21. The van der Waals surface area contributed by atoms with Crippen molar-refractivity contribution < 1.29 is 19.0 Å². The van der Waals surface area contributed by atoms with Crippen LogP contribution in [0.3, 0.4) is 0 Å². The van der Waals surface area contributed by atoms with E-state index < -0.39 is 5.97 Å². The van der Waals surface area contributed by atoms with Gasteiger partial charge in [-0.1, -0.05) is 0 Å². The van der Waals surface area contributed by atoms with E-state index in [1.807, 2.05) is 0 Å². The molecule has 0 unspecified atom stereocenters. The lowest BCUT2D eigenvalue weighted by atomic mass is 10.1. The average Bonchev–Trinajstić information content (AvgIpc) is 2.36. The maximum absolute atomic E-state index is 11.4. The molecule has 1 aliphatic heterocycles. The summed E-state index contributed by atoms with van der Waals surface area (Å²) in [6.07, 6.45) is 0. The van der Waals surface area contributed by atoms with Crippen LogP contribution in [-0.2, 0) is 4.74 Å². The van der Waals surface area contributed by atoms with E-state index in [-0.39, 0.29) is 0 Å². The van der Waals surface area contributed by atoms with Crippen LogP contribution in [0.1, 0.15) is 10.4 Å². The van der Waals surface area contributed by atoms with Gasteiger partial charge in [0.15, 0.2) is 11.5 Å². The first-order chi connectivity index (χ1) is 7.76. The molecule has 0 radical (unpaired) electrons. The Labute approximate surface area is 93.3 Å². The largest absolute Gasteiger partial charge is 0.493 e. The first-order valence-electron chi connectivity index (χ1n) is 4.93. The SMILES string of the molecule is COC(=O)c1cc2c(c(OC)c1)OCCN2. The zero-order chi connectivity index (χ0) is 11.5. The van der Waals surface area contributed by atoms with Crippen LogP contribution in [-0.4, -0.2) is 33.3 Å². The molecule has 0 bridgehead atoms. The third-order valence-corrected chi connectivity index (χ3v) is 2.36. The van der Waals surface area contributed by atoms with Crippen molar-refractivity contribution in [1.29, 1.82) is 0 Å². The van der Waals surface area contributed by atoms with E-state index >= 15 is 0 Å². The van der Waals surface area contributed by atoms with E-state index in [4.69, 9.17) is 9.47 Å². The second kappa shape index (κ2) is 4.30. The summed E-state index contributed by atoms with van der Waals surface area (Å²) in [7, 11) is 2.88. The number of methoxy groups -OCH3 is 2. The molecule has 86 valence electrons. The van der Waals surface area contributed by atoms with Crippen LogP contribution in [0.15, 0.2) is 12.1 Å². The minimum Gasteiger partial charge on any atom is -0.493 e. The molecule has 5 heteroatoms. The molecule has 1 aromatic rings. The number of hydrogen-bond acceptors (Lipinski definition) is 5. The van der Waals surface area contributed by atoms with E-state index in [0.717, 1.165) is 5.69 Å². The molecule has 0 spiro atoms. The van der Waals surface area contributed by atoms with Crippen LogP contribution >= 0.6 is 0 Å². The van der Waals surface area contributed by atoms with E-state index in [1.54, 1.807) is 12.1 Å². The Morgan fingerprint density at radius 2 is 2.25 bits per heavy atom. The summed E-state index contributed by atoms with van der Waals surface area (Å²) < 4.78 is 15.3. The minimum absolute atomic E-state index is 0.395. The zero-order valence-corrected chi connectivity index (χ0v) is 9.20. The maximum atomic E-state index is 11.4. The Kier molecular flexibility index (Phi) is 2.85. The molecule has 1 aliphatic rings. The third-order valence-electron chi connectivity index (χ3n) is 2.36. The molecule has 0 atom stereocenters. The van der Waals surface area contributed by atoms with Crippen molar-refractivity contribution >= 4 is 11.7 Å². The summed E-state index contributed by atoms with van der Waals surface area (Å²) >= 11 is 0. The molecule has 0 fully saturated rings. The molecule has 0 aromatic heterocycles. The molecular weight excluding hydrogens is 210 g/mol. The monoisotopic (exact) mass is 223 g/mol. The predicted octanol–water partition coefficient (Wildman–Crippen LogP) is 1.29. The Balaban J connectivity index is 2.47. The predicted molar refractivity (Wildman–Crippen MR) is 58.3 cm³/mol. The number of carbonyl (C=O) groups is 1. The molecule has 5 nitrogen and oxygen atoms in total. The maximum Gasteiger partial charge on any atom is 0.338 e. The highest BCUT2D eigenvalue weighted by Gasteiger charge is 2.19. The van der Waals surface area contributed by atoms with Gasteiger partial charge in [0, 0.05) is 6.54 Å². The number of fused-ring (bicyclic) bond motifs is 1. The van der Waals surface area contributed by atoms with Crippen molar-refractivity contribution in [3.63, 3.8) is 0 Å². The number of hydrogen-bond donors (Lipinski definition) is 1. The second-order valence-corrected chi connectivity index (χ2v) is 3.32. The Morgan fingerprint density at radius 1 is 1.44 bits per heavy atom. The number of benzene rings is 1. The fraction of sp³-hybridized carbons (Fsp3) is 0.364. The number of rotatable bonds is 2. The highest BCUT2D eigenvalue weighted by Crippen LogP contribution is 2.38. The molecular formula is C11H13NO4. The molecule has 0 aliphatic carbocycles. The third kappa shape index (κ3) is 1.76. The summed E-state index contributed by atoms with van der Waals surface area (Å²) in [4.78, 5) is 11.4. The quantitative estimate of drug-likeness (QED) is 0.765. The number of esters is 1. The summed E-state index contributed by atoms with van der Waals surface area (Å²) in [6.45, 7) is 1.29. The van der Waals surface area contributed by atoms with E-state index in [9.17, 15) is 4.79 Å². The number of carbonyl (C=O) groups excluding carboxylic acids is 1. The van der Waals surface area contributed by atoms with E-state index in [0.29, 0.717) is 30.2 Å². The summed E-state index contributed by atoms with van der Waals surface area (Å²) in [5, 5.41) is 3.14. The fourth-order valence-electron chi connectivity index (χ4n) is 1.61. The van der Waals surface area contributed by atoms with Gasteiger partial charge < -0.3 is 19.5 Å². The van der Waals surface area contributed by atoms with E-state index in [1.165, 1.54) is 14.2 Å². The zero-order valence-electron chi connectivity index (χ0n) is 9.20. The number of anilines is 1. The highest BCUT2D eigenvalue weighted by molar-refractivity contribution is 5.92. The van der Waals surface area contributed by atoms with Crippen molar-refractivity contribution in [1.82, 2.24) is 0 Å². The smallest absolute Gasteiger partial charge is 0.338 e. The van der Waals surface area contributed by atoms with Crippen LogP contribution in [0.4, 0.5) is 5.69 Å². The second-order valence-electron chi connectivity index (χ2n) is 3.32. The Bertz CT molecular complexity index is 399. The van der Waals surface area contributed by atoms with Crippen molar-refractivity contribution in [2.75, 3.05) is 32.7 Å². The van der Waals surface area contributed by atoms with Crippen LogP contribution in [0.5, 0.6) is 11.5 Å². The lowest BCUT2D eigenvalue weighted by molar-refractivity contribution is 0.0600. The van der Waals surface area contributed by atoms with Crippen molar-refractivity contribution in [2.24, 2.45) is 0 Å². The molecule has 0 saturated carbocycles. The van der Waals surface area contributed by atoms with Crippen molar-refractivity contribution in [2.45, 2.75) is 0 Å². The normalized spacial score (nSPS) is 13.1. The first kappa shape index (κ1) is 10.6. The van der Waals surface area contributed by atoms with Gasteiger partial charge in [0.05, 0.1) is 25.5 Å². The van der Waals surface area contributed by atoms with Gasteiger partial charge in [-0.25, -0.2) is 4.79 Å². The summed E-state index contributed by atoms with van der Waals surface area (Å²) in [6, 6.07) is 3.31. The first-order valence-corrected chi connectivity index (χ1v) is 4.93. The van der Waals surface area contributed by atoms with Gasteiger partial charge in [-0.3, -0.25) is 0 Å². The molecule has 1 heterocycles. The van der Waals surface area contributed by atoms with Gasteiger partial charge in [0.2, 0.25) is 0 Å². The highest BCUT2D eigenvalue weighted by atomic mass is 16.5. The van der Waals surface area contributed by atoms with Crippen LogP contribution in [0.25, 0.3) is 0 Å². The molecule has 0 saturated heterocycles. The topological polar surface area (TPSA) is 56.8 Å². The molecule has 0 amide bonds. The Hall–Kier alpha value is -1.91. The molecule has 2 rings (SSSR count). The number of ether oxygens (including phenoxy) is 3. The van der Waals surface area contributed by atoms with Gasteiger partial charge in [0.25, 0.3) is 0 Å². The van der Waals surface area contributed by atoms with Crippen molar-refractivity contribution in [3.8, 4) is 11.5 Å². The summed E-state index contributed by atoms with van der Waals surface area (Å²) in [5.74, 6) is 0.778. The van der Waals surface area contributed by atoms with Gasteiger partial charge in [-0.05, 0) is 12.1 Å². The van der Waals surface area contributed by atoms with Crippen LogP contribution in [0, 0.1) is 0 Å². The summed E-state index contributed by atoms with van der Waals surface area (Å²) in [5.41, 5.74) is 1.20. The average molecular weight is 223 g/mol. The lowest BCUT2D eigenvalue weighted by Crippen LogP contribution is -2.19. The Morgan fingerprint density at radius 3 is 2.94 bits per heavy atom. The van der Waals surface area contributed by atoms with Crippen LogP contribution < -0.4 is 14.8 Å². The van der Waals surface area contributed by atoms with Crippen molar-refractivity contribution in [3.05, 3.63) is 17.7 Å². The van der Waals surface area contributed by atoms with Gasteiger partial charge in [-0.15, -0.1) is 0 Å². The van der Waals surface area contributed by atoms with E-state index in [2.05, 4.69) is 10.1 Å². The minimum atomic E-state index is -0.395.